The van der Waals surface area contributed by atoms with E-state index in [-0.39, 0.29) is 23.5 Å². The van der Waals surface area contributed by atoms with Crippen molar-refractivity contribution in [1.82, 2.24) is 5.32 Å². The van der Waals surface area contributed by atoms with Crippen molar-refractivity contribution in [2.75, 3.05) is 19.8 Å². The molecule has 0 radical (unpaired) electrons. The second-order valence-corrected chi connectivity index (χ2v) is 6.48. The molecule has 1 saturated carbocycles. The number of benzene rings is 1. The fourth-order valence-corrected chi connectivity index (χ4v) is 3.61. The number of hydrogen-bond donors (Lipinski definition) is 2. The lowest BCUT2D eigenvalue weighted by Crippen LogP contribution is -2.65. The van der Waals surface area contributed by atoms with Crippen LogP contribution in [0.2, 0.25) is 0 Å². The summed E-state index contributed by atoms with van der Waals surface area (Å²) in [5.41, 5.74) is -0.158. The summed E-state index contributed by atoms with van der Waals surface area (Å²) in [5.74, 6) is 0.876. The minimum absolute atomic E-state index is 0.0458. The van der Waals surface area contributed by atoms with Gasteiger partial charge in [0.2, 0.25) is 5.91 Å². The summed E-state index contributed by atoms with van der Waals surface area (Å²) in [6.07, 6.45) is 3.15. The van der Waals surface area contributed by atoms with Crippen molar-refractivity contribution >= 4 is 5.91 Å². The van der Waals surface area contributed by atoms with Crippen molar-refractivity contribution in [3.05, 3.63) is 30.3 Å². The van der Waals surface area contributed by atoms with Crippen molar-refractivity contribution < 1.29 is 19.4 Å². The number of carbonyl (C=O) groups is 1. The predicted octanol–water partition coefficient (Wildman–Crippen LogP) is 1.89. The van der Waals surface area contributed by atoms with Gasteiger partial charge in [-0.15, -0.1) is 0 Å². The highest BCUT2D eigenvalue weighted by Gasteiger charge is 2.55. The third-order valence-corrected chi connectivity index (χ3v) is 5.14. The maximum Gasteiger partial charge on any atom is 0.220 e. The van der Waals surface area contributed by atoms with E-state index in [0.717, 1.165) is 18.6 Å². The number of hydrogen-bond acceptors (Lipinski definition) is 4. The molecule has 1 spiro atoms. The zero-order chi connectivity index (χ0) is 16.1. The molecule has 5 heteroatoms. The molecule has 5 nitrogen and oxygen atoms in total. The van der Waals surface area contributed by atoms with Crippen molar-refractivity contribution in [2.45, 2.75) is 44.2 Å². The molecule has 1 aliphatic heterocycles. The Hall–Kier alpha value is -1.59. The lowest BCUT2D eigenvalue weighted by atomic mass is 9.58. The Morgan fingerprint density at radius 2 is 2.04 bits per heavy atom. The highest BCUT2D eigenvalue weighted by Crippen LogP contribution is 2.48. The van der Waals surface area contributed by atoms with Gasteiger partial charge < -0.3 is 19.9 Å². The molecular formula is C18H25NO4. The quantitative estimate of drug-likeness (QED) is 0.786. The van der Waals surface area contributed by atoms with Gasteiger partial charge in [-0.3, -0.25) is 4.79 Å². The van der Waals surface area contributed by atoms with Gasteiger partial charge in [-0.2, -0.15) is 0 Å². The lowest BCUT2D eigenvalue weighted by molar-refractivity contribution is -0.156. The van der Waals surface area contributed by atoms with E-state index in [0.29, 0.717) is 39.1 Å². The average molecular weight is 319 g/mol. The number of nitrogens with one attached hydrogen (secondary N) is 1. The summed E-state index contributed by atoms with van der Waals surface area (Å²) in [6, 6.07) is 9.70. The number of carbonyl (C=O) groups excluding carboxylic acids is 1. The molecule has 126 valence electrons. The van der Waals surface area contributed by atoms with Crippen molar-refractivity contribution in [1.29, 1.82) is 0 Å². The standard InChI is InChI=1S/C18H25NO4/c20-16-13-15(18(16)8-11-22-12-9-18)19-17(21)7-4-10-23-14-5-2-1-3-6-14/h1-3,5-6,15-16,20H,4,7-13H2,(H,19,21)/t15-,16-/m1/s1. The van der Waals surface area contributed by atoms with Gasteiger partial charge in [0.25, 0.3) is 0 Å². The molecular weight excluding hydrogens is 294 g/mol. The second-order valence-electron chi connectivity index (χ2n) is 6.48. The largest absolute Gasteiger partial charge is 0.494 e. The molecule has 1 aromatic rings. The molecule has 1 aliphatic carbocycles. The molecule has 2 aliphatic rings. The van der Waals surface area contributed by atoms with Gasteiger partial charge in [0.05, 0.1) is 12.7 Å². The van der Waals surface area contributed by atoms with Crippen molar-refractivity contribution in [3.63, 3.8) is 0 Å². The van der Waals surface area contributed by atoms with E-state index in [4.69, 9.17) is 9.47 Å². The SMILES string of the molecule is O=C(CCCOc1ccccc1)N[C@@H]1C[C@@H](O)C12CCOCC2. The number of amides is 1. The fraction of sp³-hybridized carbons (Fsp3) is 0.611. The number of para-hydroxylation sites is 1. The Labute approximate surface area is 137 Å². The lowest BCUT2D eigenvalue weighted by Gasteiger charge is -2.55. The normalized spacial score (nSPS) is 25.6. The first-order valence-corrected chi connectivity index (χ1v) is 8.44. The van der Waals surface area contributed by atoms with Crippen LogP contribution in [0.5, 0.6) is 5.75 Å². The highest BCUT2D eigenvalue weighted by molar-refractivity contribution is 5.76. The van der Waals surface area contributed by atoms with Crippen LogP contribution in [-0.4, -0.2) is 43.0 Å². The number of ether oxygens (including phenoxy) is 2. The molecule has 2 atom stereocenters. The Bertz CT molecular complexity index is 513. The molecule has 1 amide bonds. The van der Waals surface area contributed by atoms with E-state index in [2.05, 4.69) is 5.32 Å². The van der Waals surface area contributed by atoms with Crippen LogP contribution in [0.3, 0.4) is 0 Å². The molecule has 2 N–H and O–H groups in total. The summed E-state index contributed by atoms with van der Waals surface area (Å²) in [4.78, 5) is 12.1. The molecule has 0 aromatic heterocycles. The summed E-state index contributed by atoms with van der Waals surface area (Å²) in [7, 11) is 0. The zero-order valence-electron chi connectivity index (χ0n) is 13.4. The number of aliphatic hydroxyl groups is 1. The predicted molar refractivity (Wildman–Crippen MR) is 86.2 cm³/mol. The van der Waals surface area contributed by atoms with E-state index < -0.39 is 0 Å². The third kappa shape index (κ3) is 3.67. The topological polar surface area (TPSA) is 67.8 Å². The van der Waals surface area contributed by atoms with Crippen LogP contribution < -0.4 is 10.1 Å². The maximum atomic E-state index is 12.1. The summed E-state index contributed by atoms with van der Waals surface area (Å²) in [6.45, 7) is 1.88. The van der Waals surface area contributed by atoms with Crippen LogP contribution in [0.1, 0.15) is 32.1 Å². The van der Waals surface area contributed by atoms with E-state index in [1.807, 2.05) is 30.3 Å². The van der Waals surface area contributed by atoms with Crippen molar-refractivity contribution in [2.24, 2.45) is 5.41 Å². The summed E-state index contributed by atoms with van der Waals surface area (Å²) in [5, 5.41) is 13.2. The van der Waals surface area contributed by atoms with E-state index >= 15 is 0 Å². The van der Waals surface area contributed by atoms with E-state index in [9.17, 15) is 9.90 Å². The van der Waals surface area contributed by atoms with Crippen LogP contribution in [0.4, 0.5) is 0 Å². The average Bonchev–Trinajstić information content (AvgIpc) is 2.60. The maximum absolute atomic E-state index is 12.1. The smallest absolute Gasteiger partial charge is 0.220 e. The van der Waals surface area contributed by atoms with Gasteiger partial charge in [-0.05, 0) is 37.8 Å². The first-order valence-electron chi connectivity index (χ1n) is 8.44. The van der Waals surface area contributed by atoms with Gasteiger partial charge in [0.1, 0.15) is 5.75 Å². The van der Waals surface area contributed by atoms with Crippen LogP contribution in [0, 0.1) is 5.41 Å². The minimum Gasteiger partial charge on any atom is -0.494 e. The van der Waals surface area contributed by atoms with Gasteiger partial charge in [0.15, 0.2) is 0 Å². The van der Waals surface area contributed by atoms with Gasteiger partial charge in [0, 0.05) is 31.1 Å². The molecule has 1 aromatic carbocycles. The molecule has 1 heterocycles. The molecule has 2 fully saturated rings. The van der Waals surface area contributed by atoms with Gasteiger partial charge >= 0.3 is 0 Å². The molecule has 1 saturated heterocycles. The highest BCUT2D eigenvalue weighted by atomic mass is 16.5. The Balaban J connectivity index is 1.38. The first-order chi connectivity index (χ1) is 11.2. The fourth-order valence-electron chi connectivity index (χ4n) is 3.61. The Kier molecular flexibility index (Phi) is 5.18. The van der Waals surface area contributed by atoms with Crippen LogP contribution in [0.15, 0.2) is 30.3 Å². The van der Waals surface area contributed by atoms with E-state index in [1.165, 1.54) is 0 Å². The number of aliphatic hydroxyl groups excluding tert-OH is 1. The van der Waals surface area contributed by atoms with Crippen LogP contribution >= 0.6 is 0 Å². The monoisotopic (exact) mass is 319 g/mol. The Morgan fingerprint density at radius 3 is 2.74 bits per heavy atom. The molecule has 3 rings (SSSR count). The Morgan fingerprint density at radius 1 is 1.30 bits per heavy atom. The summed E-state index contributed by atoms with van der Waals surface area (Å²) >= 11 is 0. The van der Waals surface area contributed by atoms with Crippen molar-refractivity contribution in [3.8, 4) is 5.75 Å². The molecule has 0 unspecified atom stereocenters. The minimum atomic E-state index is -0.307. The molecule has 23 heavy (non-hydrogen) atoms. The third-order valence-electron chi connectivity index (χ3n) is 5.14. The van der Waals surface area contributed by atoms with Gasteiger partial charge in [-0.1, -0.05) is 18.2 Å². The van der Waals surface area contributed by atoms with Gasteiger partial charge in [-0.25, -0.2) is 0 Å². The molecule has 0 bridgehead atoms. The summed E-state index contributed by atoms with van der Waals surface area (Å²) < 4.78 is 11.0. The zero-order valence-corrected chi connectivity index (χ0v) is 13.4. The first kappa shape index (κ1) is 16.3. The second kappa shape index (κ2) is 7.32. The number of rotatable bonds is 6. The van der Waals surface area contributed by atoms with Crippen LogP contribution in [0.25, 0.3) is 0 Å². The van der Waals surface area contributed by atoms with Crippen LogP contribution in [-0.2, 0) is 9.53 Å². The van der Waals surface area contributed by atoms with E-state index in [1.54, 1.807) is 0 Å².